The number of anilines is 2. The second-order valence-electron chi connectivity index (χ2n) is 10.7. The van der Waals surface area contributed by atoms with E-state index in [1.165, 1.54) is 0 Å². The minimum absolute atomic E-state index is 0.158. The maximum absolute atomic E-state index is 12.8. The van der Waals surface area contributed by atoms with Gasteiger partial charge in [0, 0.05) is 16.6 Å². The molecule has 2 aromatic heterocycles. The fourth-order valence-electron chi connectivity index (χ4n) is 5.04. The summed E-state index contributed by atoms with van der Waals surface area (Å²) in [7, 11) is 0. The van der Waals surface area contributed by atoms with Crippen molar-refractivity contribution in [2.45, 2.75) is 70.2 Å². The van der Waals surface area contributed by atoms with Gasteiger partial charge in [0.2, 0.25) is 0 Å². The zero-order valence-electron chi connectivity index (χ0n) is 19.5. The van der Waals surface area contributed by atoms with E-state index in [1.54, 1.807) is 18.2 Å². The first-order valence-corrected chi connectivity index (χ1v) is 11.4. The average molecular weight is 476 g/mol. The number of aromatic nitrogens is 3. The Morgan fingerprint density at radius 3 is 2.56 bits per heavy atom. The number of benzene rings is 1. The molecule has 5 rings (SSSR count). The lowest BCUT2D eigenvalue weighted by Crippen LogP contribution is -2.23. The van der Waals surface area contributed by atoms with Crippen LogP contribution in [0.25, 0.3) is 22.5 Å². The van der Waals surface area contributed by atoms with Crippen molar-refractivity contribution in [1.82, 2.24) is 15.2 Å². The molecule has 2 aliphatic rings. The molecule has 3 atom stereocenters. The Kier molecular flexibility index (Phi) is 5.09. The number of nitrogens with one attached hydrogen (secondary N) is 2. The highest BCUT2D eigenvalue weighted by atomic mass is 19.4. The molecule has 0 amide bonds. The first-order valence-electron chi connectivity index (χ1n) is 11.4. The van der Waals surface area contributed by atoms with Gasteiger partial charge in [-0.1, -0.05) is 25.9 Å². The van der Waals surface area contributed by atoms with Gasteiger partial charge in [-0.2, -0.15) is 13.2 Å². The molecule has 0 spiro atoms. The van der Waals surface area contributed by atoms with E-state index in [-0.39, 0.29) is 22.9 Å². The molecule has 2 heterocycles. The molecule has 182 valence electrons. The van der Waals surface area contributed by atoms with Gasteiger partial charge in [-0.3, -0.25) is 0 Å². The van der Waals surface area contributed by atoms with Crippen molar-refractivity contribution in [3.05, 3.63) is 29.3 Å². The highest BCUT2D eigenvalue weighted by molar-refractivity contribution is 5.90. The average Bonchev–Trinajstić information content (AvgIpc) is 3.05. The minimum atomic E-state index is -4.31. The van der Waals surface area contributed by atoms with E-state index in [0.29, 0.717) is 35.3 Å². The molecule has 0 aliphatic heterocycles. The number of nitrogens with zero attached hydrogens (tertiary/aromatic N) is 3. The molecule has 7 nitrogen and oxygen atoms in total. The number of alkyl halides is 3. The molecule has 0 saturated heterocycles. The smallest absolute Gasteiger partial charge is 0.402 e. The third kappa shape index (κ3) is 4.31. The molecule has 3 aromatic rings. The van der Waals surface area contributed by atoms with Crippen molar-refractivity contribution in [2.24, 2.45) is 5.92 Å². The third-order valence-corrected chi connectivity index (χ3v) is 6.81. The van der Waals surface area contributed by atoms with Crippen LogP contribution in [0.2, 0.25) is 0 Å². The number of rotatable bonds is 5. The van der Waals surface area contributed by atoms with Crippen molar-refractivity contribution < 1.29 is 22.7 Å². The molecule has 1 aromatic carbocycles. The predicted molar refractivity (Wildman–Crippen MR) is 123 cm³/mol. The Hall–Kier alpha value is -2.88. The summed E-state index contributed by atoms with van der Waals surface area (Å²) in [6.07, 6.45) is -2.18. The van der Waals surface area contributed by atoms with Crippen LogP contribution >= 0.6 is 0 Å². The summed E-state index contributed by atoms with van der Waals surface area (Å²) in [5, 5.41) is 24.8. The number of aryl methyl sites for hydroxylation is 1. The summed E-state index contributed by atoms with van der Waals surface area (Å²) in [5.41, 5.74) is 2.72. The lowest BCUT2D eigenvalue weighted by molar-refractivity contribution is -0.115. The van der Waals surface area contributed by atoms with Gasteiger partial charge < -0.3 is 20.2 Å². The lowest BCUT2D eigenvalue weighted by atomic mass is 9.84. The molecule has 0 unspecified atom stereocenters. The monoisotopic (exact) mass is 475 g/mol. The SMILES string of the molecule is Cc1cc(-c2nnc(N[C@@]34C[C@@H](O)C[C@@H]3C4)o2)nc2c(C(C)(C)C)cc(NCC(F)(F)F)cc12. The maximum atomic E-state index is 12.8. The highest BCUT2D eigenvalue weighted by Crippen LogP contribution is 2.57. The van der Waals surface area contributed by atoms with Gasteiger partial charge in [0.15, 0.2) is 0 Å². The van der Waals surface area contributed by atoms with Crippen molar-refractivity contribution in [3.63, 3.8) is 0 Å². The fourth-order valence-corrected chi connectivity index (χ4v) is 5.04. The van der Waals surface area contributed by atoms with Crippen LogP contribution in [-0.2, 0) is 5.41 Å². The molecule has 2 aliphatic carbocycles. The van der Waals surface area contributed by atoms with Crippen LogP contribution in [0.15, 0.2) is 22.6 Å². The van der Waals surface area contributed by atoms with Crippen LogP contribution in [0.5, 0.6) is 0 Å². The second kappa shape index (κ2) is 7.56. The number of aliphatic hydroxyl groups is 1. The Labute approximate surface area is 195 Å². The predicted octanol–water partition coefficient (Wildman–Crippen LogP) is 5.19. The first kappa shape index (κ1) is 22.9. The summed E-state index contributed by atoms with van der Waals surface area (Å²) in [5.74, 6) is 0.687. The lowest BCUT2D eigenvalue weighted by Gasteiger charge is -2.23. The second-order valence-corrected chi connectivity index (χ2v) is 10.7. The van der Waals surface area contributed by atoms with Gasteiger partial charge in [0.05, 0.1) is 11.6 Å². The summed E-state index contributed by atoms with van der Waals surface area (Å²) in [4.78, 5) is 4.79. The summed E-state index contributed by atoms with van der Waals surface area (Å²) in [6.45, 7) is 6.76. The van der Waals surface area contributed by atoms with E-state index in [9.17, 15) is 18.3 Å². The minimum Gasteiger partial charge on any atom is -0.402 e. The molecular formula is C24H28F3N5O2. The Morgan fingerprint density at radius 1 is 1.15 bits per heavy atom. The molecular weight excluding hydrogens is 447 g/mol. The van der Waals surface area contributed by atoms with Crippen molar-refractivity contribution in [3.8, 4) is 11.6 Å². The zero-order chi connectivity index (χ0) is 24.5. The van der Waals surface area contributed by atoms with E-state index in [0.717, 1.165) is 29.4 Å². The Morgan fingerprint density at radius 2 is 1.91 bits per heavy atom. The van der Waals surface area contributed by atoms with E-state index >= 15 is 0 Å². The Balaban J connectivity index is 1.49. The molecule has 0 bridgehead atoms. The fraction of sp³-hybridized carbons (Fsp3) is 0.542. The number of aliphatic hydroxyl groups excluding tert-OH is 1. The van der Waals surface area contributed by atoms with Gasteiger partial charge in [-0.15, -0.1) is 5.10 Å². The molecule has 0 radical (unpaired) electrons. The quantitative estimate of drug-likeness (QED) is 0.467. The molecule has 3 N–H and O–H groups in total. The molecule has 34 heavy (non-hydrogen) atoms. The normalized spacial score (nSPS) is 24.4. The van der Waals surface area contributed by atoms with Crippen molar-refractivity contribution in [2.75, 3.05) is 17.2 Å². The van der Waals surface area contributed by atoms with Crippen LogP contribution in [0, 0.1) is 12.8 Å². The summed E-state index contributed by atoms with van der Waals surface area (Å²) < 4.78 is 44.2. The molecule has 10 heteroatoms. The first-order chi connectivity index (χ1) is 15.8. The standard InChI is InChI=1S/C24H28F3N5O2/c1-12-5-18(20-31-32-21(34-20)30-23-9-13(23)6-15(33)10-23)29-19-16(12)7-14(28-11-24(25,26)27)8-17(19)22(2,3)4/h5,7-8,13,15,28,33H,6,9-11H2,1-4H3,(H,30,32)/t13-,15+,23+/m1/s1. The molecule has 2 saturated carbocycles. The van der Waals surface area contributed by atoms with Crippen LogP contribution in [-0.4, -0.2) is 44.7 Å². The van der Waals surface area contributed by atoms with Crippen molar-refractivity contribution in [1.29, 1.82) is 0 Å². The zero-order valence-corrected chi connectivity index (χ0v) is 19.5. The third-order valence-electron chi connectivity index (χ3n) is 6.81. The van der Waals surface area contributed by atoms with Crippen LogP contribution < -0.4 is 10.6 Å². The van der Waals surface area contributed by atoms with Gasteiger partial charge in [-0.05, 0) is 66.8 Å². The topological polar surface area (TPSA) is 96.1 Å². The van der Waals surface area contributed by atoms with Gasteiger partial charge >= 0.3 is 12.2 Å². The van der Waals surface area contributed by atoms with E-state index in [4.69, 9.17) is 9.40 Å². The van der Waals surface area contributed by atoms with Crippen LogP contribution in [0.3, 0.4) is 0 Å². The van der Waals surface area contributed by atoms with Crippen LogP contribution in [0.4, 0.5) is 24.9 Å². The Bertz CT molecular complexity index is 1250. The number of hydrogen-bond acceptors (Lipinski definition) is 7. The summed E-state index contributed by atoms with van der Waals surface area (Å²) >= 11 is 0. The maximum Gasteiger partial charge on any atom is 0.405 e. The van der Waals surface area contributed by atoms with Crippen LogP contribution in [0.1, 0.15) is 51.2 Å². The number of pyridine rings is 1. The summed E-state index contributed by atoms with van der Waals surface area (Å²) in [6, 6.07) is 5.52. The van der Waals surface area contributed by atoms with Gasteiger partial charge in [0.1, 0.15) is 12.2 Å². The van der Waals surface area contributed by atoms with E-state index in [2.05, 4.69) is 20.8 Å². The highest BCUT2D eigenvalue weighted by Gasteiger charge is 2.60. The van der Waals surface area contributed by atoms with Crippen molar-refractivity contribution >= 4 is 22.6 Å². The number of hydrogen-bond donors (Lipinski definition) is 3. The number of halogens is 3. The van der Waals surface area contributed by atoms with E-state index < -0.39 is 12.7 Å². The largest absolute Gasteiger partial charge is 0.405 e. The van der Waals surface area contributed by atoms with Gasteiger partial charge in [0.25, 0.3) is 5.89 Å². The number of fused-ring (bicyclic) bond motifs is 2. The van der Waals surface area contributed by atoms with Gasteiger partial charge in [-0.25, -0.2) is 4.98 Å². The van der Waals surface area contributed by atoms with E-state index in [1.807, 2.05) is 27.7 Å². The molecule has 2 fully saturated rings.